The van der Waals surface area contributed by atoms with Crippen LogP contribution in [0.5, 0.6) is 5.75 Å². The summed E-state index contributed by atoms with van der Waals surface area (Å²) in [5.74, 6) is -0.528. The van der Waals surface area contributed by atoms with E-state index in [1.54, 1.807) is 18.3 Å². The van der Waals surface area contributed by atoms with Crippen molar-refractivity contribution >= 4 is 28.6 Å². The van der Waals surface area contributed by atoms with E-state index in [1.807, 2.05) is 54.6 Å². The number of phenolic OH excluding ortho intramolecular Hbond substituents is 1. The Hall–Kier alpha value is -4.12. The van der Waals surface area contributed by atoms with E-state index in [0.29, 0.717) is 0 Å². The Morgan fingerprint density at radius 2 is 1.59 bits per heavy atom. The van der Waals surface area contributed by atoms with Gasteiger partial charge in [0.15, 0.2) is 0 Å². The fourth-order valence-corrected chi connectivity index (χ4v) is 3.60. The lowest BCUT2D eigenvalue weighted by Crippen LogP contribution is -2.21. The molecule has 4 aromatic rings. The first kappa shape index (κ1) is 21.1. The van der Waals surface area contributed by atoms with Crippen LogP contribution in [0.4, 0.5) is 5.69 Å². The van der Waals surface area contributed by atoms with Crippen molar-refractivity contribution in [2.45, 2.75) is 13.5 Å². The SMILES string of the molecule is CCN(Cc1ccccc1)c1ccc(/C=N\NC(=O)c2cc3ccccc3cc2O)cc1. The maximum atomic E-state index is 12.5. The number of nitrogens with one attached hydrogen (secondary N) is 1. The largest absolute Gasteiger partial charge is 0.507 e. The molecular formula is C27H25N3O2. The summed E-state index contributed by atoms with van der Waals surface area (Å²) in [6.07, 6.45) is 1.59. The zero-order chi connectivity index (χ0) is 22.3. The fourth-order valence-electron chi connectivity index (χ4n) is 3.60. The molecule has 0 bridgehead atoms. The van der Waals surface area contributed by atoms with Crippen LogP contribution in [0.3, 0.4) is 0 Å². The Morgan fingerprint density at radius 1 is 0.938 bits per heavy atom. The van der Waals surface area contributed by atoms with Gasteiger partial charge in [-0.1, -0.05) is 66.7 Å². The smallest absolute Gasteiger partial charge is 0.275 e. The van der Waals surface area contributed by atoms with Crippen molar-refractivity contribution in [3.8, 4) is 5.75 Å². The van der Waals surface area contributed by atoms with Crippen LogP contribution in [0.15, 0.2) is 96.1 Å². The summed E-state index contributed by atoms with van der Waals surface area (Å²) in [5, 5.41) is 16.0. The normalized spacial score (nSPS) is 11.0. The summed E-state index contributed by atoms with van der Waals surface area (Å²) in [7, 11) is 0. The van der Waals surface area contributed by atoms with Gasteiger partial charge in [-0.15, -0.1) is 0 Å². The molecule has 5 nitrogen and oxygen atoms in total. The minimum Gasteiger partial charge on any atom is -0.507 e. The minimum atomic E-state index is -0.457. The number of aromatic hydroxyl groups is 1. The molecule has 32 heavy (non-hydrogen) atoms. The molecule has 0 aliphatic carbocycles. The minimum absolute atomic E-state index is 0.0705. The Morgan fingerprint density at radius 3 is 2.28 bits per heavy atom. The zero-order valence-electron chi connectivity index (χ0n) is 17.9. The lowest BCUT2D eigenvalue weighted by atomic mass is 10.1. The number of carbonyl (C=O) groups excluding carboxylic acids is 1. The van der Waals surface area contributed by atoms with Crippen LogP contribution in [0.2, 0.25) is 0 Å². The van der Waals surface area contributed by atoms with Crippen molar-refractivity contribution < 1.29 is 9.90 Å². The van der Waals surface area contributed by atoms with Gasteiger partial charge in [-0.3, -0.25) is 4.79 Å². The number of amides is 1. The molecule has 0 atom stereocenters. The van der Waals surface area contributed by atoms with E-state index >= 15 is 0 Å². The number of hydrogen-bond donors (Lipinski definition) is 2. The molecule has 0 aromatic heterocycles. The van der Waals surface area contributed by atoms with E-state index in [0.717, 1.165) is 35.1 Å². The number of anilines is 1. The van der Waals surface area contributed by atoms with Crippen molar-refractivity contribution in [1.29, 1.82) is 0 Å². The number of nitrogens with zero attached hydrogens (tertiary/aromatic N) is 2. The maximum absolute atomic E-state index is 12.5. The Labute approximate surface area is 187 Å². The van der Waals surface area contributed by atoms with E-state index in [1.165, 1.54) is 5.56 Å². The van der Waals surface area contributed by atoms with Gasteiger partial charge in [0.1, 0.15) is 5.75 Å². The summed E-state index contributed by atoms with van der Waals surface area (Å²) in [5.41, 5.74) is 5.94. The van der Waals surface area contributed by atoms with Gasteiger partial charge in [0.2, 0.25) is 0 Å². The van der Waals surface area contributed by atoms with E-state index < -0.39 is 5.91 Å². The van der Waals surface area contributed by atoms with Gasteiger partial charge < -0.3 is 10.0 Å². The molecule has 0 aliphatic heterocycles. The highest BCUT2D eigenvalue weighted by molar-refractivity contribution is 6.01. The second-order valence-electron chi connectivity index (χ2n) is 7.51. The molecule has 0 heterocycles. The Balaban J connectivity index is 1.40. The molecule has 0 saturated heterocycles. The monoisotopic (exact) mass is 423 g/mol. The first-order valence-electron chi connectivity index (χ1n) is 10.6. The van der Waals surface area contributed by atoms with Crippen LogP contribution < -0.4 is 10.3 Å². The van der Waals surface area contributed by atoms with Gasteiger partial charge in [0.25, 0.3) is 5.91 Å². The summed E-state index contributed by atoms with van der Waals surface area (Å²) >= 11 is 0. The van der Waals surface area contributed by atoms with Gasteiger partial charge in [-0.05, 0) is 53.1 Å². The zero-order valence-corrected chi connectivity index (χ0v) is 17.9. The molecule has 0 spiro atoms. The third-order valence-electron chi connectivity index (χ3n) is 5.34. The molecule has 0 saturated carbocycles. The van der Waals surface area contributed by atoms with E-state index in [9.17, 15) is 9.90 Å². The van der Waals surface area contributed by atoms with Crippen LogP contribution in [0.25, 0.3) is 10.8 Å². The summed E-state index contributed by atoms with van der Waals surface area (Å²) in [4.78, 5) is 14.8. The van der Waals surface area contributed by atoms with E-state index in [4.69, 9.17) is 0 Å². The standard InChI is InChI=1S/C27H25N3O2/c1-2-30(19-21-8-4-3-5-9-21)24-14-12-20(13-15-24)18-28-29-27(32)25-16-22-10-6-7-11-23(22)17-26(25)31/h3-18,31H,2,19H2,1H3,(H,29,32)/b28-18-. The van der Waals surface area contributed by atoms with Gasteiger partial charge in [-0.2, -0.15) is 5.10 Å². The number of hydrogen-bond acceptors (Lipinski definition) is 4. The number of hydrazone groups is 1. The summed E-state index contributed by atoms with van der Waals surface area (Å²) in [6, 6.07) is 29.2. The molecule has 0 fully saturated rings. The molecule has 5 heteroatoms. The van der Waals surface area contributed by atoms with Crippen molar-refractivity contribution in [1.82, 2.24) is 5.43 Å². The quantitative estimate of drug-likeness (QED) is 0.312. The first-order chi connectivity index (χ1) is 15.6. The number of phenols is 1. The predicted molar refractivity (Wildman–Crippen MR) is 130 cm³/mol. The Bertz CT molecular complexity index is 1230. The van der Waals surface area contributed by atoms with Crippen LogP contribution in [-0.2, 0) is 6.54 Å². The lowest BCUT2D eigenvalue weighted by molar-refractivity contribution is 0.0952. The third kappa shape index (κ3) is 4.95. The maximum Gasteiger partial charge on any atom is 0.275 e. The average Bonchev–Trinajstić information content (AvgIpc) is 2.83. The Kier molecular flexibility index (Phi) is 6.46. The molecule has 4 rings (SSSR count). The van der Waals surface area contributed by atoms with Gasteiger partial charge in [-0.25, -0.2) is 5.43 Å². The molecule has 0 radical (unpaired) electrons. The van der Waals surface area contributed by atoms with E-state index in [2.05, 4.69) is 46.6 Å². The molecule has 0 aliphatic rings. The molecule has 0 unspecified atom stereocenters. The predicted octanol–water partition coefficient (Wildman–Crippen LogP) is 5.34. The summed E-state index contributed by atoms with van der Waals surface area (Å²) < 4.78 is 0. The highest BCUT2D eigenvalue weighted by atomic mass is 16.3. The molecule has 4 aromatic carbocycles. The highest BCUT2D eigenvalue weighted by Gasteiger charge is 2.11. The van der Waals surface area contributed by atoms with Crippen molar-refractivity contribution in [3.05, 3.63) is 108 Å². The number of benzene rings is 4. The molecule has 1 amide bonds. The second kappa shape index (κ2) is 9.79. The van der Waals surface area contributed by atoms with Crippen molar-refractivity contribution in [3.63, 3.8) is 0 Å². The topological polar surface area (TPSA) is 64.9 Å². The van der Waals surface area contributed by atoms with E-state index in [-0.39, 0.29) is 11.3 Å². The van der Waals surface area contributed by atoms with Gasteiger partial charge >= 0.3 is 0 Å². The van der Waals surface area contributed by atoms with Crippen molar-refractivity contribution in [2.75, 3.05) is 11.4 Å². The van der Waals surface area contributed by atoms with Crippen LogP contribution in [-0.4, -0.2) is 23.8 Å². The molecular weight excluding hydrogens is 398 g/mol. The lowest BCUT2D eigenvalue weighted by Gasteiger charge is -2.23. The first-order valence-corrected chi connectivity index (χ1v) is 10.6. The van der Waals surface area contributed by atoms with Crippen LogP contribution in [0.1, 0.15) is 28.4 Å². The van der Waals surface area contributed by atoms with Crippen LogP contribution in [0, 0.1) is 0 Å². The van der Waals surface area contributed by atoms with Crippen molar-refractivity contribution in [2.24, 2.45) is 5.10 Å². The summed E-state index contributed by atoms with van der Waals surface area (Å²) in [6.45, 7) is 3.87. The third-order valence-corrected chi connectivity index (χ3v) is 5.34. The molecule has 2 N–H and O–H groups in total. The number of fused-ring (bicyclic) bond motifs is 1. The number of carbonyl (C=O) groups is 1. The average molecular weight is 424 g/mol. The highest BCUT2D eigenvalue weighted by Crippen LogP contribution is 2.25. The van der Waals surface area contributed by atoms with Gasteiger partial charge in [0, 0.05) is 18.8 Å². The number of rotatable bonds is 7. The van der Waals surface area contributed by atoms with Gasteiger partial charge in [0.05, 0.1) is 11.8 Å². The molecule has 160 valence electrons. The second-order valence-corrected chi connectivity index (χ2v) is 7.51. The fraction of sp³-hybridized carbons (Fsp3) is 0.111. The van der Waals surface area contributed by atoms with Crippen LogP contribution >= 0.6 is 0 Å².